The van der Waals surface area contributed by atoms with E-state index in [0.717, 1.165) is 12.0 Å². The molecule has 0 amide bonds. The number of fused-ring (bicyclic) bond motifs is 1. The lowest BCUT2D eigenvalue weighted by Crippen LogP contribution is -2.38. The molecule has 0 saturated carbocycles. The Balaban J connectivity index is 1.74. The van der Waals surface area contributed by atoms with Gasteiger partial charge in [0.2, 0.25) is 10.0 Å². The first-order chi connectivity index (χ1) is 11.5. The van der Waals surface area contributed by atoms with E-state index < -0.39 is 16.1 Å². The highest BCUT2D eigenvalue weighted by Crippen LogP contribution is 2.37. The maximum atomic E-state index is 12.7. The molecule has 1 N–H and O–H groups in total. The van der Waals surface area contributed by atoms with Gasteiger partial charge in [-0.25, -0.2) is 8.42 Å². The second-order valence-corrected chi connectivity index (χ2v) is 8.43. The Bertz CT molecular complexity index is 808. The first-order valence-corrected chi connectivity index (χ1v) is 9.98. The molecule has 0 fully saturated rings. The lowest BCUT2D eigenvalue weighted by molar-refractivity contribution is 0.166. The molecule has 1 atom stereocenters. The predicted molar refractivity (Wildman–Crippen MR) is 96.9 cm³/mol. The molecule has 1 unspecified atom stereocenters. The number of aryl methyl sites for hydroxylation is 1. The minimum atomic E-state index is -3.42. The van der Waals surface area contributed by atoms with Crippen LogP contribution < -0.4 is 4.31 Å². The Hall–Kier alpha value is -1.56. The van der Waals surface area contributed by atoms with Crippen LogP contribution in [-0.2, 0) is 16.4 Å². The molecule has 1 aliphatic heterocycles. The highest BCUT2D eigenvalue weighted by Gasteiger charge is 2.31. The Morgan fingerprint density at radius 3 is 2.67 bits per heavy atom. The lowest BCUT2D eigenvalue weighted by atomic mass is 10.0. The maximum absolute atomic E-state index is 12.7. The molecule has 0 aliphatic carbocycles. The predicted octanol–water partition coefficient (Wildman–Crippen LogP) is 3.55. The second-order valence-electron chi connectivity index (χ2n) is 5.98. The van der Waals surface area contributed by atoms with Crippen molar-refractivity contribution in [3.8, 4) is 0 Å². The van der Waals surface area contributed by atoms with E-state index in [0.29, 0.717) is 35.7 Å². The number of halogens is 1. The van der Waals surface area contributed by atoms with Gasteiger partial charge < -0.3 is 5.11 Å². The molecule has 4 nitrogen and oxygen atoms in total. The number of rotatable bonds is 5. The van der Waals surface area contributed by atoms with Crippen LogP contribution in [0.4, 0.5) is 5.69 Å². The van der Waals surface area contributed by atoms with Gasteiger partial charge in [-0.05, 0) is 43.0 Å². The van der Waals surface area contributed by atoms with Gasteiger partial charge in [0.15, 0.2) is 0 Å². The van der Waals surface area contributed by atoms with Crippen molar-refractivity contribution in [2.24, 2.45) is 0 Å². The van der Waals surface area contributed by atoms with E-state index in [1.54, 1.807) is 18.2 Å². The van der Waals surface area contributed by atoms with E-state index in [2.05, 4.69) is 0 Å². The number of benzene rings is 2. The quantitative estimate of drug-likeness (QED) is 0.881. The summed E-state index contributed by atoms with van der Waals surface area (Å²) in [4.78, 5) is 0. The van der Waals surface area contributed by atoms with Crippen LogP contribution in [0.1, 0.15) is 30.1 Å². The van der Waals surface area contributed by atoms with Crippen LogP contribution in [0.2, 0.25) is 5.02 Å². The summed E-state index contributed by atoms with van der Waals surface area (Å²) < 4.78 is 26.9. The number of nitrogens with zero attached hydrogens (tertiary/aromatic N) is 1. The van der Waals surface area contributed by atoms with Crippen LogP contribution in [0.25, 0.3) is 0 Å². The first kappa shape index (κ1) is 17.3. The van der Waals surface area contributed by atoms with Gasteiger partial charge in [0.25, 0.3) is 0 Å². The van der Waals surface area contributed by atoms with Crippen molar-refractivity contribution in [3.63, 3.8) is 0 Å². The van der Waals surface area contributed by atoms with Gasteiger partial charge in [0.05, 0.1) is 17.5 Å². The molecule has 0 radical (unpaired) electrons. The van der Waals surface area contributed by atoms with E-state index in [9.17, 15) is 13.5 Å². The fourth-order valence-corrected chi connectivity index (χ4v) is 4.80. The summed E-state index contributed by atoms with van der Waals surface area (Å²) >= 11 is 5.98. The van der Waals surface area contributed by atoms with Crippen LogP contribution in [-0.4, -0.2) is 25.8 Å². The highest BCUT2D eigenvalue weighted by molar-refractivity contribution is 7.92. The zero-order valence-electron chi connectivity index (χ0n) is 13.2. The molecular formula is C18H20ClNO3S. The molecule has 128 valence electrons. The molecule has 24 heavy (non-hydrogen) atoms. The van der Waals surface area contributed by atoms with Crippen molar-refractivity contribution in [2.75, 3.05) is 16.6 Å². The molecule has 3 rings (SSSR count). The van der Waals surface area contributed by atoms with Crippen molar-refractivity contribution in [2.45, 2.75) is 25.4 Å². The fraction of sp³-hybridized carbons (Fsp3) is 0.333. The van der Waals surface area contributed by atoms with Crippen molar-refractivity contribution in [1.82, 2.24) is 0 Å². The standard InChI is InChI=1S/C18H20ClNO3S/c19-15-8-9-17-16(13-15)18(21)10-11-20(17)24(22,23)12-4-7-14-5-2-1-3-6-14/h1-3,5-6,8-9,13,18,21H,4,7,10-12H2. The molecule has 2 aromatic carbocycles. The number of aliphatic hydroxyl groups excluding tert-OH is 1. The van der Waals surface area contributed by atoms with Gasteiger partial charge in [-0.3, -0.25) is 4.31 Å². The number of anilines is 1. The molecule has 1 aliphatic rings. The largest absolute Gasteiger partial charge is 0.388 e. The number of hydrogen-bond donors (Lipinski definition) is 1. The van der Waals surface area contributed by atoms with Gasteiger partial charge in [0, 0.05) is 17.1 Å². The Kier molecular flexibility index (Phi) is 5.13. The molecule has 0 spiro atoms. The summed E-state index contributed by atoms with van der Waals surface area (Å²) in [5.41, 5.74) is 2.26. The summed E-state index contributed by atoms with van der Waals surface area (Å²) in [6.07, 6.45) is 0.998. The number of hydrogen-bond acceptors (Lipinski definition) is 3. The van der Waals surface area contributed by atoms with Crippen LogP contribution >= 0.6 is 11.6 Å². The molecule has 2 aromatic rings. The summed E-state index contributed by atoms with van der Waals surface area (Å²) in [5, 5.41) is 10.6. The van der Waals surface area contributed by atoms with E-state index in [-0.39, 0.29) is 5.75 Å². The third-order valence-corrected chi connectivity index (χ3v) is 6.36. The maximum Gasteiger partial charge on any atom is 0.235 e. The third kappa shape index (κ3) is 3.74. The van der Waals surface area contributed by atoms with E-state index in [1.165, 1.54) is 4.31 Å². The second kappa shape index (κ2) is 7.13. The molecule has 6 heteroatoms. The minimum Gasteiger partial charge on any atom is -0.388 e. The average Bonchev–Trinajstić information content (AvgIpc) is 2.56. The van der Waals surface area contributed by atoms with E-state index in [4.69, 9.17) is 11.6 Å². The van der Waals surface area contributed by atoms with Crippen molar-refractivity contribution in [3.05, 3.63) is 64.7 Å². The Morgan fingerprint density at radius 1 is 1.17 bits per heavy atom. The SMILES string of the molecule is O=S(=O)(CCCc1ccccc1)N1CCC(O)c2cc(Cl)ccc21. The van der Waals surface area contributed by atoms with E-state index in [1.807, 2.05) is 30.3 Å². The Morgan fingerprint density at radius 2 is 1.92 bits per heavy atom. The molecule has 0 bridgehead atoms. The van der Waals surface area contributed by atoms with Gasteiger partial charge >= 0.3 is 0 Å². The normalized spacial score (nSPS) is 17.6. The summed E-state index contributed by atoms with van der Waals surface area (Å²) in [7, 11) is -3.42. The molecule has 1 heterocycles. The van der Waals surface area contributed by atoms with Gasteiger partial charge in [-0.1, -0.05) is 41.9 Å². The highest BCUT2D eigenvalue weighted by atomic mass is 35.5. The molecular weight excluding hydrogens is 346 g/mol. The monoisotopic (exact) mass is 365 g/mol. The smallest absolute Gasteiger partial charge is 0.235 e. The summed E-state index contributed by atoms with van der Waals surface area (Å²) in [6, 6.07) is 14.8. The zero-order chi connectivity index (χ0) is 17.2. The van der Waals surface area contributed by atoms with Crippen LogP contribution in [0.5, 0.6) is 0 Å². The van der Waals surface area contributed by atoms with Crippen LogP contribution in [0, 0.1) is 0 Å². The summed E-state index contributed by atoms with van der Waals surface area (Å²) in [5.74, 6) is 0.0834. The fourth-order valence-electron chi connectivity index (χ4n) is 3.04. The van der Waals surface area contributed by atoms with E-state index >= 15 is 0 Å². The van der Waals surface area contributed by atoms with Crippen molar-refractivity contribution >= 4 is 27.3 Å². The van der Waals surface area contributed by atoms with Gasteiger partial charge in [-0.15, -0.1) is 0 Å². The Labute approximate surface area is 147 Å². The minimum absolute atomic E-state index is 0.0834. The number of sulfonamides is 1. The van der Waals surface area contributed by atoms with Crippen LogP contribution in [0.15, 0.2) is 48.5 Å². The average molecular weight is 366 g/mol. The van der Waals surface area contributed by atoms with Crippen LogP contribution in [0.3, 0.4) is 0 Å². The zero-order valence-corrected chi connectivity index (χ0v) is 14.8. The first-order valence-electron chi connectivity index (χ1n) is 7.99. The van der Waals surface area contributed by atoms with Crippen molar-refractivity contribution < 1.29 is 13.5 Å². The molecule has 0 aromatic heterocycles. The lowest BCUT2D eigenvalue weighted by Gasteiger charge is -2.33. The van der Waals surface area contributed by atoms with Crippen molar-refractivity contribution in [1.29, 1.82) is 0 Å². The van der Waals surface area contributed by atoms with Gasteiger partial charge in [-0.2, -0.15) is 0 Å². The van der Waals surface area contributed by atoms with Gasteiger partial charge in [0.1, 0.15) is 0 Å². The number of aliphatic hydroxyl groups is 1. The topological polar surface area (TPSA) is 57.6 Å². The summed E-state index contributed by atoms with van der Waals surface area (Å²) in [6.45, 7) is 0.295. The third-order valence-electron chi connectivity index (χ3n) is 4.27. The molecule has 0 saturated heterocycles.